The first kappa shape index (κ1) is 21.9. The monoisotopic (exact) mass is 444 g/mol. The zero-order chi connectivity index (χ0) is 21.8. The van der Waals surface area contributed by atoms with Gasteiger partial charge in [0, 0.05) is 18.8 Å². The standard InChI is InChI=1S/C19H19F3N2O5S/c20-19(21,22)29-16-8-6-14(7-9-16)23-18(25)28-15-10-12-24(13-11-15)30(26,27)17-4-2-1-3-5-17/h1-9,15H,10-13H2,(H,23,25). The fourth-order valence-corrected chi connectivity index (χ4v) is 4.46. The second-order valence-electron chi connectivity index (χ2n) is 6.52. The molecule has 1 amide bonds. The summed E-state index contributed by atoms with van der Waals surface area (Å²) in [6, 6.07) is 12.7. The molecule has 0 bridgehead atoms. The zero-order valence-electron chi connectivity index (χ0n) is 15.6. The molecule has 2 aromatic carbocycles. The molecule has 30 heavy (non-hydrogen) atoms. The molecule has 1 N–H and O–H groups in total. The molecule has 0 spiro atoms. The number of alkyl halides is 3. The van der Waals surface area contributed by atoms with E-state index in [1.807, 2.05) is 0 Å². The van der Waals surface area contributed by atoms with Crippen molar-refractivity contribution in [2.75, 3.05) is 18.4 Å². The topological polar surface area (TPSA) is 84.9 Å². The first-order chi connectivity index (χ1) is 14.1. The number of nitrogens with zero attached hydrogens (tertiary/aromatic N) is 1. The van der Waals surface area contributed by atoms with Crippen LogP contribution in [0, 0.1) is 0 Å². The van der Waals surface area contributed by atoms with E-state index in [1.54, 1.807) is 18.2 Å². The molecule has 1 heterocycles. The SMILES string of the molecule is O=C(Nc1ccc(OC(F)(F)F)cc1)OC1CCN(S(=O)(=O)c2ccccc2)CC1. The molecule has 3 rings (SSSR count). The summed E-state index contributed by atoms with van der Waals surface area (Å²) < 4.78 is 72.1. The van der Waals surface area contributed by atoms with Gasteiger partial charge in [0.2, 0.25) is 10.0 Å². The number of carbonyl (C=O) groups excluding carboxylic acids is 1. The highest BCUT2D eigenvalue weighted by atomic mass is 32.2. The van der Waals surface area contributed by atoms with Crippen molar-refractivity contribution in [3.63, 3.8) is 0 Å². The lowest BCUT2D eigenvalue weighted by molar-refractivity contribution is -0.274. The van der Waals surface area contributed by atoms with Crippen LogP contribution >= 0.6 is 0 Å². The number of carbonyl (C=O) groups is 1. The van der Waals surface area contributed by atoms with E-state index in [4.69, 9.17) is 4.74 Å². The van der Waals surface area contributed by atoms with Crippen molar-refractivity contribution >= 4 is 21.8 Å². The fourth-order valence-electron chi connectivity index (χ4n) is 2.97. The number of amides is 1. The van der Waals surface area contributed by atoms with Crippen molar-refractivity contribution in [1.29, 1.82) is 0 Å². The molecule has 0 radical (unpaired) electrons. The molecule has 0 aromatic heterocycles. The molecule has 11 heteroatoms. The number of benzene rings is 2. The number of hydrogen-bond acceptors (Lipinski definition) is 5. The highest BCUT2D eigenvalue weighted by molar-refractivity contribution is 7.89. The first-order valence-electron chi connectivity index (χ1n) is 9.02. The molecule has 1 aliphatic rings. The Morgan fingerprint density at radius 2 is 1.60 bits per heavy atom. The number of nitrogens with one attached hydrogen (secondary N) is 1. The molecular formula is C19H19F3N2O5S. The van der Waals surface area contributed by atoms with Gasteiger partial charge in [-0.1, -0.05) is 18.2 Å². The number of rotatable bonds is 5. The highest BCUT2D eigenvalue weighted by Gasteiger charge is 2.32. The summed E-state index contributed by atoms with van der Waals surface area (Å²) in [6.07, 6.45) is -5.38. The predicted octanol–water partition coefficient (Wildman–Crippen LogP) is 3.99. The molecule has 1 aliphatic heterocycles. The zero-order valence-corrected chi connectivity index (χ0v) is 16.4. The smallest absolute Gasteiger partial charge is 0.446 e. The van der Waals surface area contributed by atoms with Gasteiger partial charge in [-0.3, -0.25) is 5.32 Å². The average Bonchev–Trinajstić information content (AvgIpc) is 2.69. The summed E-state index contributed by atoms with van der Waals surface area (Å²) in [6.45, 7) is 0.414. The van der Waals surface area contributed by atoms with Gasteiger partial charge in [0.15, 0.2) is 0 Å². The lowest BCUT2D eigenvalue weighted by Gasteiger charge is -2.30. The lowest BCUT2D eigenvalue weighted by atomic mass is 10.1. The molecule has 0 atom stereocenters. The van der Waals surface area contributed by atoms with Crippen LogP contribution in [0.25, 0.3) is 0 Å². The van der Waals surface area contributed by atoms with Crippen LogP contribution in [-0.2, 0) is 14.8 Å². The number of ether oxygens (including phenoxy) is 2. The van der Waals surface area contributed by atoms with Gasteiger partial charge in [-0.2, -0.15) is 4.31 Å². The van der Waals surface area contributed by atoms with Crippen LogP contribution in [0.3, 0.4) is 0 Å². The van der Waals surface area contributed by atoms with E-state index in [9.17, 15) is 26.4 Å². The summed E-state index contributed by atoms with van der Waals surface area (Å²) in [7, 11) is -3.59. The molecule has 1 fully saturated rings. The Balaban J connectivity index is 1.48. The second-order valence-corrected chi connectivity index (χ2v) is 8.46. The maximum atomic E-state index is 12.6. The van der Waals surface area contributed by atoms with E-state index in [2.05, 4.69) is 10.1 Å². The van der Waals surface area contributed by atoms with Crippen LogP contribution in [0.15, 0.2) is 59.5 Å². The fraction of sp³-hybridized carbons (Fsp3) is 0.316. The predicted molar refractivity (Wildman–Crippen MR) is 101 cm³/mol. The molecule has 0 saturated carbocycles. The third kappa shape index (κ3) is 5.86. The van der Waals surface area contributed by atoms with Gasteiger partial charge in [0.1, 0.15) is 11.9 Å². The Morgan fingerprint density at radius 1 is 1.00 bits per heavy atom. The van der Waals surface area contributed by atoms with Gasteiger partial charge in [-0.05, 0) is 49.2 Å². The second kappa shape index (κ2) is 8.92. The van der Waals surface area contributed by atoms with Gasteiger partial charge in [-0.15, -0.1) is 13.2 Å². The Hall–Kier alpha value is -2.79. The number of halogens is 3. The van der Waals surface area contributed by atoms with Crippen molar-refractivity contribution in [2.24, 2.45) is 0 Å². The van der Waals surface area contributed by atoms with Crippen molar-refractivity contribution < 1.29 is 35.9 Å². The minimum absolute atomic E-state index is 0.207. The highest BCUT2D eigenvalue weighted by Crippen LogP contribution is 2.25. The molecule has 162 valence electrons. The Morgan fingerprint density at radius 3 is 2.17 bits per heavy atom. The van der Waals surface area contributed by atoms with E-state index in [0.29, 0.717) is 12.8 Å². The third-order valence-corrected chi connectivity index (χ3v) is 6.30. The average molecular weight is 444 g/mol. The summed E-state index contributed by atoms with van der Waals surface area (Å²) in [5.74, 6) is -0.409. The summed E-state index contributed by atoms with van der Waals surface area (Å²) in [5, 5.41) is 2.42. The largest absolute Gasteiger partial charge is 0.573 e. The van der Waals surface area contributed by atoms with Crippen molar-refractivity contribution in [3.05, 3.63) is 54.6 Å². The number of hydrogen-bond donors (Lipinski definition) is 1. The Bertz CT molecular complexity index is 958. The van der Waals surface area contributed by atoms with Crippen LogP contribution in [0.4, 0.5) is 23.7 Å². The molecular weight excluding hydrogens is 425 g/mol. The lowest BCUT2D eigenvalue weighted by Crippen LogP contribution is -2.41. The summed E-state index contributed by atoms with van der Waals surface area (Å²) in [5.41, 5.74) is 0.235. The minimum atomic E-state index is -4.79. The van der Waals surface area contributed by atoms with Gasteiger partial charge < -0.3 is 9.47 Å². The number of piperidine rings is 1. The van der Waals surface area contributed by atoms with Crippen LogP contribution in [0.2, 0.25) is 0 Å². The quantitative estimate of drug-likeness (QED) is 0.754. The Labute approximate surface area is 171 Å². The normalized spacial score (nSPS) is 16.1. The van der Waals surface area contributed by atoms with Crippen LogP contribution in [0.5, 0.6) is 5.75 Å². The van der Waals surface area contributed by atoms with E-state index in [0.717, 1.165) is 12.1 Å². The molecule has 1 saturated heterocycles. The van der Waals surface area contributed by atoms with Crippen LogP contribution in [0.1, 0.15) is 12.8 Å². The van der Waals surface area contributed by atoms with Crippen molar-refractivity contribution in [2.45, 2.75) is 30.2 Å². The van der Waals surface area contributed by atoms with Crippen LogP contribution in [-0.4, -0.2) is 44.4 Å². The summed E-state index contributed by atoms with van der Waals surface area (Å²) in [4.78, 5) is 12.2. The van der Waals surface area contributed by atoms with E-state index < -0.39 is 34.3 Å². The van der Waals surface area contributed by atoms with Crippen molar-refractivity contribution in [1.82, 2.24) is 4.31 Å². The van der Waals surface area contributed by atoms with Gasteiger partial charge in [-0.25, -0.2) is 13.2 Å². The molecule has 7 nitrogen and oxygen atoms in total. The maximum Gasteiger partial charge on any atom is 0.573 e. The summed E-state index contributed by atoms with van der Waals surface area (Å²) >= 11 is 0. The molecule has 0 aliphatic carbocycles. The molecule has 0 unspecified atom stereocenters. The minimum Gasteiger partial charge on any atom is -0.446 e. The maximum absolute atomic E-state index is 12.6. The Kier molecular flexibility index (Phi) is 6.52. The molecule has 2 aromatic rings. The number of sulfonamides is 1. The van der Waals surface area contributed by atoms with E-state index in [-0.39, 0.29) is 23.7 Å². The van der Waals surface area contributed by atoms with Gasteiger partial charge >= 0.3 is 12.5 Å². The van der Waals surface area contributed by atoms with Gasteiger partial charge in [0.25, 0.3) is 0 Å². The van der Waals surface area contributed by atoms with Crippen LogP contribution < -0.4 is 10.1 Å². The van der Waals surface area contributed by atoms with Crippen molar-refractivity contribution in [3.8, 4) is 5.75 Å². The first-order valence-corrected chi connectivity index (χ1v) is 10.5. The number of anilines is 1. The van der Waals surface area contributed by atoms with Gasteiger partial charge in [0.05, 0.1) is 4.90 Å². The van der Waals surface area contributed by atoms with E-state index >= 15 is 0 Å². The van der Waals surface area contributed by atoms with E-state index in [1.165, 1.54) is 28.6 Å². The third-order valence-electron chi connectivity index (χ3n) is 4.39.